The minimum Gasteiger partial charge on any atom is -0.466 e. The van der Waals surface area contributed by atoms with Gasteiger partial charge in [0.2, 0.25) is 0 Å². The average Bonchev–Trinajstić information content (AvgIpc) is 3.03. The third kappa shape index (κ3) is 3.11. The highest BCUT2D eigenvalue weighted by Crippen LogP contribution is 2.44. The molecule has 1 aliphatic carbocycles. The summed E-state index contributed by atoms with van der Waals surface area (Å²) >= 11 is 0. The summed E-state index contributed by atoms with van der Waals surface area (Å²) in [7, 11) is 0. The molecule has 16 heavy (non-hydrogen) atoms. The molecule has 4 heteroatoms. The zero-order chi connectivity index (χ0) is 10.7. The molecule has 1 unspecified atom stereocenters. The van der Waals surface area contributed by atoms with Crippen molar-refractivity contribution in [3.8, 4) is 0 Å². The average molecular weight is 248 g/mol. The van der Waals surface area contributed by atoms with Gasteiger partial charge in [0, 0.05) is 6.54 Å². The van der Waals surface area contributed by atoms with Crippen LogP contribution in [0, 0.1) is 11.3 Å². The van der Waals surface area contributed by atoms with Gasteiger partial charge in [-0.15, -0.1) is 12.4 Å². The molecule has 1 atom stereocenters. The molecule has 1 N–H and O–H groups in total. The van der Waals surface area contributed by atoms with Crippen LogP contribution >= 0.6 is 12.4 Å². The van der Waals surface area contributed by atoms with Gasteiger partial charge in [-0.1, -0.05) is 12.8 Å². The molecule has 0 aromatic rings. The molecule has 1 saturated carbocycles. The highest BCUT2D eigenvalue weighted by atomic mass is 35.5. The number of ether oxygens (including phenoxy) is 1. The molecule has 1 saturated heterocycles. The van der Waals surface area contributed by atoms with Gasteiger partial charge >= 0.3 is 5.97 Å². The van der Waals surface area contributed by atoms with Gasteiger partial charge in [-0.25, -0.2) is 0 Å². The van der Waals surface area contributed by atoms with Crippen molar-refractivity contribution in [2.24, 2.45) is 11.3 Å². The van der Waals surface area contributed by atoms with E-state index in [4.69, 9.17) is 4.74 Å². The molecular weight excluding hydrogens is 226 g/mol. The summed E-state index contributed by atoms with van der Waals surface area (Å²) in [6.07, 6.45) is 5.77. The summed E-state index contributed by atoms with van der Waals surface area (Å²) in [6, 6.07) is 0. The van der Waals surface area contributed by atoms with Crippen LogP contribution in [-0.2, 0) is 9.53 Å². The molecule has 94 valence electrons. The normalized spacial score (nSPS) is 29.3. The van der Waals surface area contributed by atoms with Crippen molar-refractivity contribution in [1.82, 2.24) is 5.32 Å². The standard InChI is InChI=1S/C12H21NO2.ClH/c1-2-15-11(14)12(8-10-4-5-10)6-3-7-13-9-12;/h10,13H,2-9H2,1H3;1H. The van der Waals surface area contributed by atoms with E-state index in [-0.39, 0.29) is 23.8 Å². The molecule has 0 radical (unpaired) electrons. The molecule has 0 bridgehead atoms. The van der Waals surface area contributed by atoms with Gasteiger partial charge in [-0.2, -0.15) is 0 Å². The second-order valence-corrected chi connectivity index (χ2v) is 4.93. The van der Waals surface area contributed by atoms with E-state index >= 15 is 0 Å². The van der Waals surface area contributed by atoms with Gasteiger partial charge in [0.25, 0.3) is 0 Å². The van der Waals surface area contributed by atoms with Gasteiger partial charge in [-0.3, -0.25) is 4.79 Å². The molecule has 0 spiro atoms. The quantitative estimate of drug-likeness (QED) is 0.774. The zero-order valence-corrected chi connectivity index (χ0v) is 10.8. The van der Waals surface area contributed by atoms with Crippen molar-refractivity contribution in [1.29, 1.82) is 0 Å². The Morgan fingerprint density at radius 1 is 1.50 bits per heavy atom. The summed E-state index contributed by atoms with van der Waals surface area (Å²) < 4.78 is 5.23. The van der Waals surface area contributed by atoms with Gasteiger partial charge in [0.15, 0.2) is 0 Å². The van der Waals surface area contributed by atoms with Crippen LogP contribution in [0.3, 0.4) is 0 Å². The summed E-state index contributed by atoms with van der Waals surface area (Å²) in [5.74, 6) is 0.818. The lowest BCUT2D eigenvalue weighted by Crippen LogP contribution is -2.46. The molecule has 0 amide bonds. The van der Waals surface area contributed by atoms with E-state index in [1.165, 1.54) is 12.8 Å². The Balaban J connectivity index is 0.00000128. The fraction of sp³-hybridized carbons (Fsp3) is 0.917. The topological polar surface area (TPSA) is 38.3 Å². The van der Waals surface area contributed by atoms with Crippen LogP contribution in [0.15, 0.2) is 0 Å². The number of nitrogens with one attached hydrogen (secondary N) is 1. The molecule has 1 aliphatic heterocycles. The molecule has 2 rings (SSSR count). The van der Waals surface area contributed by atoms with Crippen molar-refractivity contribution >= 4 is 18.4 Å². The summed E-state index contributed by atoms with van der Waals surface area (Å²) in [5, 5.41) is 3.35. The molecule has 2 aliphatic rings. The first-order chi connectivity index (χ1) is 7.27. The van der Waals surface area contributed by atoms with Crippen molar-refractivity contribution in [2.75, 3.05) is 19.7 Å². The smallest absolute Gasteiger partial charge is 0.313 e. The summed E-state index contributed by atoms with van der Waals surface area (Å²) in [6.45, 7) is 4.26. The zero-order valence-electron chi connectivity index (χ0n) is 9.96. The van der Waals surface area contributed by atoms with Crippen molar-refractivity contribution in [3.63, 3.8) is 0 Å². The van der Waals surface area contributed by atoms with E-state index in [2.05, 4.69) is 5.32 Å². The molecule has 3 nitrogen and oxygen atoms in total. The van der Waals surface area contributed by atoms with E-state index in [0.717, 1.165) is 38.3 Å². The minimum atomic E-state index is -0.199. The predicted octanol–water partition coefficient (Wildman–Crippen LogP) is 2.14. The van der Waals surface area contributed by atoms with Crippen molar-refractivity contribution in [3.05, 3.63) is 0 Å². The summed E-state index contributed by atoms with van der Waals surface area (Å²) in [5.41, 5.74) is -0.199. The van der Waals surface area contributed by atoms with Gasteiger partial charge in [0.05, 0.1) is 12.0 Å². The first-order valence-corrected chi connectivity index (χ1v) is 6.15. The Hall–Kier alpha value is -0.280. The maximum absolute atomic E-state index is 12.0. The number of carbonyl (C=O) groups is 1. The number of hydrogen-bond donors (Lipinski definition) is 1. The van der Waals surface area contributed by atoms with Crippen LogP contribution in [0.2, 0.25) is 0 Å². The van der Waals surface area contributed by atoms with Crippen molar-refractivity contribution < 1.29 is 9.53 Å². The van der Waals surface area contributed by atoms with Crippen LogP contribution in [-0.4, -0.2) is 25.7 Å². The first kappa shape index (κ1) is 13.8. The maximum Gasteiger partial charge on any atom is 0.313 e. The van der Waals surface area contributed by atoms with E-state index in [9.17, 15) is 4.79 Å². The van der Waals surface area contributed by atoms with Crippen LogP contribution in [0.1, 0.15) is 39.0 Å². The highest BCUT2D eigenvalue weighted by Gasteiger charge is 2.44. The van der Waals surface area contributed by atoms with Crippen LogP contribution in [0.25, 0.3) is 0 Å². The van der Waals surface area contributed by atoms with E-state index in [0.29, 0.717) is 6.61 Å². The predicted molar refractivity (Wildman–Crippen MR) is 65.8 cm³/mol. The molecule has 1 heterocycles. The third-order valence-electron chi connectivity index (χ3n) is 3.56. The Labute approximate surface area is 104 Å². The van der Waals surface area contributed by atoms with Crippen LogP contribution in [0.5, 0.6) is 0 Å². The van der Waals surface area contributed by atoms with Crippen molar-refractivity contribution in [2.45, 2.75) is 39.0 Å². The fourth-order valence-corrected chi connectivity index (χ4v) is 2.56. The fourth-order valence-electron chi connectivity index (χ4n) is 2.56. The van der Waals surface area contributed by atoms with Gasteiger partial charge in [0.1, 0.15) is 0 Å². The highest BCUT2D eigenvalue weighted by molar-refractivity contribution is 5.85. The summed E-state index contributed by atoms with van der Waals surface area (Å²) in [4.78, 5) is 12.0. The number of esters is 1. The van der Waals surface area contributed by atoms with E-state index < -0.39 is 0 Å². The van der Waals surface area contributed by atoms with Crippen LogP contribution in [0.4, 0.5) is 0 Å². The number of hydrogen-bond acceptors (Lipinski definition) is 3. The monoisotopic (exact) mass is 247 g/mol. The Bertz CT molecular complexity index is 235. The van der Waals surface area contributed by atoms with Crippen LogP contribution < -0.4 is 5.32 Å². The SMILES string of the molecule is CCOC(=O)C1(CC2CC2)CCCNC1.Cl. The molecule has 2 fully saturated rings. The molecule has 0 aromatic carbocycles. The number of halogens is 1. The van der Waals surface area contributed by atoms with E-state index in [1.54, 1.807) is 0 Å². The van der Waals surface area contributed by atoms with E-state index in [1.807, 2.05) is 6.92 Å². The molecule has 0 aromatic heterocycles. The van der Waals surface area contributed by atoms with Gasteiger partial charge in [-0.05, 0) is 38.6 Å². The maximum atomic E-state index is 12.0. The number of piperidine rings is 1. The third-order valence-corrected chi connectivity index (χ3v) is 3.56. The van der Waals surface area contributed by atoms with Gasteiger partial charge < -0.3 is 10.1 Å². The lowest BCUT2D eigenvalue weighted by molar-refractivity contribution is -0.157. The second-order valence-electron chi connectivity index (χ2n) is 4.93. The lowest BCUT2D eigenvalue weighted by atomic mass is 9.76. The minimum absolute atomic E-state index is 0. The largest absolute Gasteiger partial charge is 0.466 e. The lowest BCUT2D eigenvalue weighted by Gasteiger charge is -2.35. The number of carbonyl (C=O) groups excluding carboxylic acids is 1. The Morgan fingerprint density at radius 3 is 2.75 bits per heavy atom. The Kier molecular flexibility index (Phi) is 5.06. The Morgan fingerprint density at radius 2 is 2.25 bits per heavy atom. The first-order valence-electron chi connectivity index (χ1n) is 6.15. The second kappa shape index (κ2) is 5.87. The number of rotatable bonds is 4. The molecular formula is C12H22ClNO2.